The van der Waals surface area contributed by atoms with Crippen molar-refractivity contribution >= 4 is 0 Å². The van der Waals surface area contributed by atoms with E-state index in [9.17, 15) is 0 Å². The van der Waals surface area contributed by atoms with E-state index < -0.39 is 5.41 Å². The molecule has 0 bridgehead atoms. The minimum absolute atomic E-state index is 0.451. The van der Waals surface area contributed by atoms with Crippen molar-refractivity contribution in [1.82, 2.24) is 9.97 Å². The van der Waals surface area contributed by atoms with Crippen molar-refractivity contribution in [2.24, 2.45) is 0 Å². The van der Waals surface area contributed by atoms with Crippen LogP contribution in [0.25, 0.3) is 78.4 Å². The van der Waals surface area contributed by atoms with Gasteiger partial charge in [0.05, 0.1) is 16.8 Å². The van der Waals surface area contributed by atoms with E-state index in [0.717, 1.165) is 44.8 Å². The van der Waals surface area contributed by atoms with Gasteiger partial charge in [0, 0.05) is 16.7 Å². The van der Waals surface area contributed by atoms with Crippen molar-refractivity contribution < 1.29 is 0 Å². The molecule has 0 saturated heterocycles. The van der Waals surface area contributed by atoms with Gasteiger partial charge in [0.25, 0.3) is 0 Å². The fraction of sp³-hybridized carbons (Fsp3) is 0.0169. The molecule has 1 heterocycles. The molecule has 2 heteroatoms. The number of rotatable bonds is 8. The standard InChI is InChI=1S/C59H40N2/c1-4-17-41(18-5-1)42-33-35-44(36-34-42)57-40-56(43-19-6-2-7-20-43)60-58(61-57)49-25-15-23-47(38-49)45-21-14-22-46(37-45)48-24-16-28-51(39-48)59(50-26-8-3-9-27-50)54-31-12-10-29-52(54)53-30-11-13-32-55(53)59/h1-40H. The molecule has 286 valence electrons. The minimum Gasteiger partial charge on any atom is -0.228 e. The van der Waals surface area contributed by atoms with E-state index in [4.69, 9.17) is 9.97 Å². The normalized spacial score (nSPS) is 12.4. The highest BCUT2D eigenvalue weighted by atomic mass is 14.9. The molecule has 0 aliphatic heterocycles. The third kappa shape index (κ3) is 6.46. The van der Waals surface area contributed by atoms with E-state index in [2.05, 4.69) is 231 Å². The summed E-state index contributed by atoms with van der Waals surface area (Å²) in [6.07, 6.45) is 0. The molecule has 11 rings (SSSR count). The van der Waals surface area contributed by atoms with Crippen LogP contribution in [0.5, 0.6) is 0 Å². The molecule has 1 aromatic heterocycles. The van der Waals surface area contributed by atoms with Gasteiger partial charge in [0.15, 0.2) is 5.82 Å². The first-order valence-corrected chi connectivity index (χ1v) is 20.9. The van der Waals surface area contributed by atoms with Crippen molar-refractivity contribution in [3.63, 3.8) is 0 Å². The second kappa shape index (κ2) is 15.3. The lowest BCUT2D eigenvalue weighted by Gasteiger charge is -2.34. The van der Waals surface area contributed by atoms with Gasteiger partial charge >= 0.3 is 0 Å². The summed E-state index contributed by atoms with van der Waals surface area (Å²) in [6, 6.07) is 87.1. The maximum absolute atomic E-state index is 5.20. The quantitative estimate of drug-likeness (QED) is 0.154. The lowest BCUT2D eigenvalue weighted by Crippen LogP contribution is -2.28. The van der Waals surface area contributed by atoms with Gasteiger partial charge in [-0.25, -0.2) is 9.97 Å². The summed E-state index contributed by atoms with van der Waals surface area (Å²) in [7, 11) is 0. The second-order valence-electron chi connectivity index (χ2n) is 15.7. The zero-order chi connectivity index (χ0) is 40.6. The molecule has 1 aliphatic carbocycles. The summed E-state index contributed by atoms with van der Waals surface area (Å²) in [5.41, 5.74) is 19.1. The first-order chi connectivity index (χ1) is 30.2. The summed E-state index contributed by atoms with van der Waals surface area (Å²) in [5, 5.41) is 0. The Morgan fingerprint density at radius 2 is 0.623 bits per heavy atom. The summed E-state index contributed by atoms with van der Waals surface area (Å²) in [5.74, 6) is 0.692. The van der Waals surface area contributed by atoms with Crippen LogP contribution in [0.3, 0.4) is 0 Å². The molecular weight excluding hydrogens is 737 g/mol. The van der Waals surface area contributed by atoms with Crippen molar-refractivity contribution in [2.75, 3.05) is 0 Å². The number of hydrogen-bond donors (Lipinski definition) is 0. The van der Waals surface area contributed by atoms with E-state index in [1.54, 1.807) is 0 Å². The third-order valence-electron chi connectivity index (χ3n) is 12.2. The van der Waals surface area contributed by atoms with Crippen molar-refractivity contribution in [2.45, 2.75) is 5.41 Å². The monoisotopic (exact) mass is 776 g/mol. The predicted octanol–water partition coefficient (Wildman–Crippen LogP) is 14.8. The summed E-state index contributed by atoms with van der Waals surface area (Å²) in [6.45, 7) is 0. The van der Waals surface area contributed by atoms with E-state index in [1.807, 2.05) is 12.1 Å². The summed E-state index contributed by atoms with van der Waals surface area (Å²) >= 11 is 0. The molecule has 0 unspecified atom stereocenters. The van der Waals surface area contributed by atoms with E-state index in [-0.39, 0.29) is 0 Å². The zero-order valence-electron chi connectivity index (χ0n) is 33.5. The number of fused-ring (bicyclic) bond motifs is 3. The summed E-state index contributed by atoms with van der Waals surface area (Å²) in [4.78, 5) is 10.4. The van der Waals surface area contributed by atoms with Crippen LogP contribution in [0, 0.1) is 0 Å². The Bertz CT molecular complexity index is 3130. The first-order valence-electron chi connectivity index (χ1n) is 20.9. The van der Waals surface area contributed by atoms with Gasteiger partial charge in [0.1, 0.15) is 0 Å². The fourth-order valence-corrected chi connectivity index (χ4v) is 9.31. The Kier molecular flexibility index (Phi) is 9.09. The maximum Gasteiger partial charge on any atom is 0.160 e. The maximum atomic E-state index is 5.20. The largest absolute Gasteiger partial charge is 0.228 e. The Morgan fingerprint density at radius 1 is 0.246 bits per heavy atom. The van der Waals surface area contributed by atoms with Crippen LogP contribution in [-0.4, -0.2) is 9.97 Å². The molecule has 1 aliphatic rings. The molecular formula is C59H40N2. The van der Waals surface area contributed by atoms with Gasteiger partial charge in [-0.05, 0) is 91.0 Å². The van der Waals surface area contributed by atoms with Crippen LogP contribution in [0.4, 0.5) is 0 Å². The number of nitrogens with zero attached hydrogens (tertiary/aromatic N) is 2. The van der Waals surface area contributed by atoms with Gasteiger partial charge in [-0.15, -0.1) is 0 Å². The Balaban J connectivity index is 0.982. The number of hydrogen-bond acceptors (Lipinski definition) is 2. The van der Waals surface area contributed by atoms with Gasteiger partial charge in [0.2, 0.25) is 0 Å². The fourth-order valence-electron chi connectivity index (χ4n) is 9.31. The lowest BCUT2D eigenvalue weighted by atomic mass is 9.67. The molecule has 0 saturated carbocycles. The highest BCUT2D eigenvalue weighted by molar-refractivity contribution is 5.87. The van der Waals surface area contributed by atoms with Crippen molar-refractivity contribution in [3.05, 3.63) is 265 Å². The van der Waals surface area contributed by atoms with Crippen molar-refractivity contribution in [1.29, 1.82) is 0 Å². The number of aromatic nitrogens is 2. The SMILES string of the molecule is c1ccc(-c2ccc(-c3cc(-c4ccccc4)nc(-c4cccc(-c5cccc(-c6cccc(C7(c8ccccc8)c8ccccc8-c8ccccc87)c6)c5)c4)n3)cc2)cc1. The third-order valence-corrected chi connectivity index (χ3v) is 12.2. The van der Waals surface area contributed by atoms with Crippen LogP contribution in [-0.2, 0) is 5.41 Å². The molecule has 0 atom stereocenters. The van der Waals surface area contributed by atoms with Gasteiger partial charge in [-0.3, -0.25) is 0 Å². The Hall–Kier alpha value is -7.94. The molecule has 0 radical (unpaired) electrons. The summed E-state index contributed by atoms with van der Waals surface area (Å²) < 4.78 is 0. The molecule has 10 aromatic rings. The van der Waals surface area contributed by atoms with Gasteiger partial charge in [-0.1, -0.05) is 218 Å². The smallest absolute Gasteiger partial charge is 0.160 e. The van der Waals surface area contributed by atoms with Crippen LogP contribution in [0.2, 0.25) is 0 Å². The zero-order valence-corrected chi connectivity index (χ0v) is 33.5. The molecule has 2 nitrogen and oxygen atoms in total. The van der Waals surface area contributed by atoms with Crippen LogP contribution < -0.4 is 0 Å². The molecule has 0 fully saturated rings. The average Bonchev–Trinajstić information content (AvgIpc) is 3.66. The van der Waals surface area contributed by atoms with Crippen LogP contribution >= 0.6 is 0 Å². The molecule has 9 aromatic carbocycles. The van der Waals surface area contributed by atoms with E-state index in [1.165, 1.54) is 50.1 Å². The molecule has 61 heavy (non-hydrogen) atoms. The van der Waals surface area contributed by atoms with E-state index in [0.29, 0.717) is 5.82 Å². The second-order valence-corrected chi connectivity index (χ2v) is 15.7. The van der Waals surface area contributed by atoms with Crippen molar-refractivity contribution in [3.8, 4) is 78.4 Å². The molecule has 0 N–H and O–H groups in total. The molecule has 0 spiro atoms. The highest BCUT2D eigenvalue weighted by Gasteiger charge is 2.45. The molecule has 0 amide bonds. The predicted molar refractivity (Wildman–Crippen MR) is 252 cm³/mol. The van der Waals surface area contributed by atoms with Gasteiger partial charge < -0.3 is 0 Å². The highest BCUT2D eigenvalue weighted by Crippen LogP contribution is 2.56. The lowest BCUT2D eigenvalue weighted by molar-refractivity contribution is 0.769. The topological polar surface area (TPSA) is 25.8 Å². The first kappa shape index (κ1) is 36.2. The van der Waals surface area contributed by atoms with Crippen LogP contribution in [0.15, 0.2) is 243 Å². The van der Waals surface area contributed by atoms with Gasteiger partial charge in [-0.2, -0.15) is 0 Å². The number of benzene rings is 9. The van der Waals surface area contributed by atoms with E-state index >= 15 is 0 Å². The van der Waals surface area contributed by atoms with Crippen LogP contribution in [0.1, 0.15) is 22.3 Å². The minimum atomic E-state index is -0.451. The average molecular weight is 777 g/mol. The Morgan fingerprint density at radius 3 is 1.21 bits per heavy atom. The Labute approximate surface area is 357 Å².